The van der Waals surface area contributed by atoms with Gasteiger partial charge in [-0.2, -0.15) is 0 Å². The highest BCUT2D eigenvalue weighted by Crippen LogP contribution is 2.27. The molecule has 0 amide bonds. The summed E-state index contributed by atoms with van der Waals surface area (Å²) in [5.41, 5.74) is 0.667. The maximum atomic E-state index is 13.1. The van der Waals surface area contributed by atoms with Crippen LogP contribution in [0.3, 0.4) is 0 Å². The quantitative estimate of drug-likeness (QED) is 0.833. The molecule has 0 heterocycles. The van der Waals surface area contributed by atoms with Crippen LogP contribution in [0.1, 0.15) is 24.9 Å². The zero-order valence-corrected chi connectivity index (χ0v) is 9.71. The number of nitrogens with one attached hydrogen (secondary N) is 1. The summed E-state index contributed by atoms with van der Waals surface area (Å²) in [6.07, 6.45) is 0.316. The monoisotopic (exact) mass is 225 g/mol. The maximum absolute atomic E-state index is 13.1. The largest absolute Gasteiger partial charge is 0.496 e. The fourth-order valence-corrected chi connectivity index (χ4v) is 1.63. The van der Waals surface area contributed by atoms with Crippen molar-refractivity contribution in [1.82, 2.24) is 5.32 Å². The molecule has 16 heavy (non-hydrogen) atoms. The van der Waals surface area contributed by atoms with Crippen LogP contribution < -0.4 is 10.1 Å². The minimum atomic E-state index is -0.334. The summed E-state index contributed by atoms with van der Waals surface area (Å²) in [7, 11) is 3.26. The van der Waals surface area contributed by atoms with Gasteiger partial charge in [-0.15, -0.1) is 0 Å². The topological polar surface area (TPSA) is 38.3 Å². The average molecular weight is 225 g/mol. The molecule has 1 N–H and O–H groups in total. The fraction of sp³-hybridized carbons (Fsp3) is 0.417. The van der Waals surface area contributed by atoms with E-state index in [0.717, 1.165) is 0 Å². The molecule has 1 aromatic rings. The van der Waals surface area contributed by atoms with Gasteiger partial charge in [0.1, 0.15) is 17.3 Å². The number of ether oxygens (including phenoxy) is 1. The molecule has 1 aromatic carbocycles. The second-order valence-corrected chi connectivity index (χ2v) is 3.63. The minimum Gasteiger partial charge on any atom is -0.496 e. The zero-order chi connectivity index (χ0) is 12.1. The zero-order valence-electron chi connectivity index (χ0n) is 9.71. The van der Waals surface area contributed by atoms with Gasteiger partial charge in [0.05, 0.1) is 7.11 Å². The highest BCUT2D eigenvalue weighted by molar-refractivity contribution is 5.76. The van der Waals surface area contributed by atoms with Crippen molar-refractivity contribution in [2.45, 2.75) is 19.4 Å². The normalized spacial score (nSPS) is 12.2. The summed E-state index contributed by atoms with van der Waals surface area (Å²) in [4.78, 5) is 11.1. The lowest BCUT2D eigenvalue weighted by Gasteiger charge is -2.18. The number of carbonyl (C=O) groups is 1. The number of hydrogen-bond donors (Lipinski definition) is 1. The van der Waals surface area contributed by atoms with Crippen LogP contribution in [0, 0.1) is 5.82 Å². The van der Waals surface area contributed by atoms with Gasteiger partial charge in [0.15, 0.2) is 0 Å². The van der Waals surface area contributed by atoms with Crippen molar-refractivity contribution in [1.29, 1.82) is 0 Å². The Morgan fingerprint density at radius 3 is 2.75 bits per heavy atom. The van der Waals surface area contributed by atoms with E-state index in [-0.39, 0.29) is 17.6 Å². The highest BCUT2D eigenvalue weighted by Gasteiger charge is 2.16. The summed E-state index contributed by atoms with van der Waals surface area (Å²) < 4.78 is 18.3. The lowest BCUT2D eigenvalue weighted by atomic mass is 10.0. The Morgan fingerprint density at radius 2 is 2.25 bits per heavy atom. The van der Waals surface area contributed by atoms with E-state index in [9.17, 15) is 9.18 Å². The van der Waals surface area contributed by atoms with Crippen molar-refractivity contribution in [3.8, 4) is 5.75 Å². The number of benzene rings is 1. The molecule has 0 aliphatic carbocycles. The van der Waals surface area contributed by atoms with E-state index in [2.05, 4.69) is 5.32 Å². The molecule has 4 heteroatoms. The molecule has 0 bridgehead atoms. The molecule has 88 valence electrons. The van der Waals surface area contributed by atoms with Crippen molar-refractivity contribution >= 4 is 5.78 Å². The standard InChI is InChI=1S/C12H16FNO2/c1-8(15)6-11(14-2)10-7-9(13)4-5-12(10)16-3/h4-5,7,11,14H,6H2,1-3H3. The van der Waals surface area contributed by atoms with Gasteiger partial charge in [-0.05, 0) is 32.2 Å². The van der Waals surface area contributed by atoms with Crippen LogP contribution in [-0.4, -0.2) is 19.9 Å². The van der Waals surface area contributed by atoms with Crippen LogP contribution in [0.15, 0.2) is 18.2 Å². The fourth-order valence-electron chi connectivity index (χ4n) is 1.63. The van der Waals surface area contributed by atoms with Crippen molar-refractivity contribution in [3.63, 3.8) is 0 Å². The van der Waals surface area contributed by atoms with Crippen molar-refractivity contribution in [3.05, 3.63) is 29.6 Å². The van der Waals surface area contributed by atoms with E-state index < -0.39 is 0 Å². The van der Waals surface area contributed by atoms with Crippen molar-refractivity contribution in [2.24, 2.45) is 0 Å². The molecule has 1 atom stereocenters. The molecule has 0 aliphatic heterocycles. The average Bonchev–Trinajstić information content (AvgIpc) is 2.25. The van der Waals surface area contributed by atoms with Gasteiger partial charge in [-0.25, -0.2) is 4.39 Å². The molecule has 0 aromatic heterocycles. The SMILES string of the molecule is CNC(CC(C)=O)c1cc(F)ccc1OC. The molecule has 3 nitrogen and oxygen atoms in total. The van der Waals surface area contributed by atoms with Crippen LogP contribution in [-0.2, 0) is 4.79 Å². The second kappa shape index (κ2) is 5.61. The number of methoxy groups -OCH3 is 1. The van der Waals surface area contributed by atoms with E-state index in [1.54, 1.807) is 13.1 Å². The minimum absolute atomic E-state index is 0.0469. The first-order valence-corrected chi connectivity index (χ1v) is 5.08. The number of halogens is 1. The van der Waals surface area contributed by atoms with Gasteiger partial charge >= 0.3 is 0 Å². The third-order valence-electron chi connectivity index (χ3n) is 2.41. The lowest BCUT2D eigenvalue weighted by Crippen LogP contribution is -2.19. The molecule has 0 aliphatic rings. The number of rotatable bonds is 5. The van der Waals surface area contributed by atoms with E-state index in [4.69, 9.17) is 4.74 Å². The number of ketones is 1. The summed E-state index contributed by atoms with van der Waals surface area (Å²) in [5.74, 6) is 0.298. The number of hydrogen-bond acceptors (Lipinski definition) is 3. The molecule has 0 fully saturated rings. The molecular weight excluding hydrogens is 209 g/mol. The Kier molecular flexibility index (Phi) is 4.43. The van der Waals surface area contributed by atoms with Crippen LogP contribution in [0.2, 0.25) is 0 Å². The molecule has 1 rings (SSSR count). The van der Waals surface area contributed by atoms with Gasteiger partial charge in [-0.1, -0.05) is 0 Å². The Balaban J connectivity index is 3.06. The highest BCUT2D eigenvalue weighted by atomic mass is 19.1. The number of Topliss-reactive ketones (excluding diaryl/α,β-unsaturated/α-hetero) is 1. The molecule has 0 saturated carbocycles. The Morgan fingerprint density at radius 1 is 1.56 bits per heavy atom. The first kappa shape index (κ1) is 12.6. The first-order valence-electron chi connectivity index (χ1n) is 5.08. The van der Waals surface area contributed by atoms with E-state index in [1.807, 2.05) is 0 Å². The molecule has 0 spiro atoms. The van der Waals surface area contributed by atoms with Gasteiger partial charge in [0, 0.05) is 18.0 Å². The van der Waals surface area contributed by atoms with Crippen LogP contribution in [0.5, 0.6) is 5.75 Å². The molecule has 1 unspecified atom stereocenters. The van der Waals surface area contributed by atoms with Crippen molar-refractivity contribution < 1.29 is 13.9 Å². The predicted molar refractivity (Wildman–Crippen MR) is 60.1 cm³/mol. The van der Waals surface area contributed by atoms with E-state index >= 15 is 0 Å². The van der Waals surface area contributed by atoms with Gasteiger partial charge in [0.25, 0.3) is 0 Å². The van der Waals surface area contributed by atoms with Crippen LogP contribution in [0.4, 0.5) is 4.39 Å². The summed E-state index contributed by atoms with van der Waals surface area (Å²) >= 11 is 0. The van der Waals surface area contributed by atoms with Crippen LogP contribution in [0.25, 0.3) is 0 Å². The first-order chi connectivity index (χ1) is 7.58. The molecular formula is C12H16FNO2. The Labute approximate surface area is 94.6 Å². The summed E-state index contributed by atoms with van der Waals surface area (Å²) in [6.45, 7) is 1.51. The molecule has 0 saturated heterocycles. The Bertz CT molecular complexity index is 379. The summed E-state index contributed by atoms with van der Waals surface area (Å²) in [6, 6.07) is 4.07. The van der Waals surface area contributed by atoms with E-state index in [1.165, 1.54) is 26.2 Å². The van der Waals surface area contributed by atoms with Crippen LogP contribution >= 0.6 is 0 Å². The lowest BCUT2D eigenvalue weighted by molar-refractivity contribution is -0.117. The second-order valence-electron chi connectivity index (χ2n) is 3.63. The third-order valence-corrected chi connectivity index (χ3v) is 2.41. The maximum Gasteiger partial charge on any atom is 0.131 e. The molecule has 0 radical (unpaired) electrons. The van der Waals surface area contributed by atoms with Gasteiger partial charge < -0.3 is 10.1 Å². The smallest absolute Gasteiger partial charge is 0.131 e. The predicted octanol–water partition coefficient (Wildman–Crippen LogP) is 2.07. The van der Waals surface area contributed by atoms with Gasteiger partial charge in [0.2, 0.25) is 0 Å². The van der Waals surface area contributed by atoms with E-state index in [0.29, 0.717) is 17.7 Å². The number of carbonyl (C=O) groups excluding carboxylic acids is 1. The summed E-state index contributed by atoms with van der Waals surface area (Å²) in [5, 5.41) is 2.98. The van der Waals surface area contributed by atoms with Gasteiger partial charge in [-0.3, -0.25) is 4.79 Å². The third kappa shape index (κ3) is 3.03. The van der Waals surface area contributed by atoms with Crippen molar-refractivity contribution in [2.75, 3.05) is 14.2 Å². The Hall–Kier alpha value is -1.42.